The summed E-state index contributed by atoms with van der Waals surface area (Å²) in [5.41, 5.74) is 2.36. The number of nitrogens with zero attached hydrogens (tertiary/aromatic N) is 1. The fraction of sp³-hybridized carbons (Fsp3) is 0.364. The Morgan fingerprint density at radius 1 is 1.08 bits per heavy atom. The molecule has 1 aliphatic heterocycles. The number of phenolic OH excluding ortho intramolecular Hbond substituents is 1. The average molecular weight is 351 g/mol. The lowest BCUT2D eigenvalue weighted by molar-refractivity contribution is 0.0601. The van der Waals surface area contributed by atoms with Crippen molar-refractivity contribution in [1.82, 2.24) is 4.90 Å². The molecule has 4 heteroatoms. The van der Waals surface area contributed by atoms with Crippen molar-refractivity contribution in [1.29, 1.82) is 0 Å². The molecule has 1 unspecified atom stereocenters. The minimum absolute atomic E-state index is 0.00552. The number of hydrogen-bond acceptors (Lipinski definition) is 3. The summed E-state index contributed by atoms with van der Waals surface area (Å²) in [4.78, 5) is 26.3. The van der Waals surface area contributed by atoms with Gasteiger partial charge in [0, 0.05) is 23.7 Å². The Labute approximate surface area is 154 Å². The highest BCUT2D eigenvalue weighted by Gasteiger charge is 2.27. The van der Waals surface area contributed by atoms with E-state index in [1.165, 1.54) is 6.92 Å². The van der Waals surface area contributed by atoms with Crippen LogP contribution in [0.4, 0.5) is 0 Å². The second kappa shape index (κ2) is 8.17. The summed E-state index contributed by atoms with van der Waals surface area (Å²) >= 11 is 0. The summed E-state index contributed by atoms with van der Waals surface area (Å²) in [5.74, 6) is 0.330. The maximum atomic E-state index is 13.0. The van der Waals surface area contributed by atoms with Crippen LogP contribution in [-0.4, -0.2) is 34.3 Å². The average Bonchev–Trinajstić information content (AvgIpc) is 2.66. The largest absolute Gasteiger partial charge is 0.508 e. The molecule has 1 amide bonds. The normalized spacial score (nSPS) is 17.1. The van der Waals surface area contributed by atoms with Crippen molar-refractivity contribution in [2.24, 2.45) is 0 Å². The highest BCUT2D eigenvalue weighted by molar-refractivity contribution is 5.97. The van der Waals surface area contributed by atoms with Gasteiger partial charge in [0.25, 0.3) is 5.91 Å². The maximum absolute atomic E-state index is 13.0. The van der Waals surface area contributed by atoms with Crippen molar-refractivity contribution >= 4 is 11.7 Å². The number of carbonyl (C=O) groups excluding carboxylic acids is 2. The molecular formula is C22H25NO3. The van der Waals surface area contributed by atoms with Crippen LogP contribution in [0.15, 0.2) is 48.5 Å². The predicted octanol–water partition coefficient (Wildman–Crippen LogP) is 4.22. The van der Waals surface area contributed by atoms with E-state index in [1.54, 1.807) is 36.4 Å². The Morgan fingerprint density at radius 3 is 2.50 bits per heavy atom. The summed E-state index contributed by atoms with van der Waals surface area (Å²) in [6.45, 7) is 2.30. The second-order valence-electron chi connectivity index (χ2n) is 6.99. The van der Waals surface area contributed by atoms with Gasteiger partial charge in [-0.15, -0.1) is 0 Å². The monoisotopic (exact) mass is 351 g/mol. The molecule has 0 saturated carbocycles. The molecule has 1 heterocycles. The van der Waals surface area contributed by atoms with E-state index in [4.69, 9.17) is 0 Å². The van der Waals surface area contributed by atoms with Crippen molar-refractivity contribution in [3.8, 4) is 5.75 Å². The van der Waals surface area contributed by atoms with Gasteiger partial charge in [-0.1, -0.05) is 24.3 Å². The number of hydrogen-bond donors (Lipinski definition) is 1. The first-order valence-corrected chi connectivity index (χ1v) is 9.24. The van der Waals surface area contributed by atoms with Crippen molar-refractivity contribution < 1.29 is 14.7 Å². The third kappa shape index (κ3) is 4.31. The molecule has 26 heavy (non-hydrogen) atoms. The molecule has 1 N–H and O–H groups in total. The minimum atomic E-state index is 0.00552. The standard InChI is InChI=1S/C22H25NO3/c1-16(24)18-9-11-19(12-10-18)22(26)23-14-3-2-6-20(23)13-8-17-5-4-7-21(25)15-17/h4-5,7,9-12,15,20,25H,2-3,6,8,13-14H2,1H3. The lowest BCUT2D eigenvalue weighted by atomic mass is 9.95. The van der Waals surface area contributed by atoms with Gasteiger partial charge in [0.1, 0.15) is 5.75 Å². The van der Waals surface area contributed by atoms with Gasteiger partial charge < -0.3 is 10.0 Å². The van der Waals surface area contributed by atoms with E-state index < -0.39 is 0 Å². The quantitative estimate of drug-likeness (QED) is 0.821. The number of carbonyl (C=O) groups is 2. The number of phenols is 1. The van der Waals surface area contributed by atoms with Crippen molar-refractivity contribution in [2.45, 2.75) is 45.1 Å². The molecule has 1 fully saturated rings. The number of amides is 1. The Kier molecular flexibility index (Phi) is 5.71. The Balaban J connectivity index is 1.69. The fourth-order valence-corrected chi connectivity index (χ4v) is 3.63. The van der Waals surface area contributed by atoms with E-state index in [2.05, 4.69) is 0 Å². The van der Waals surface area contributed by atoms with Crippen molar-refractivity contribution in [3.63, 3.8) is 0 Å². The van der Waals surface area contributed by atoms with Crippen LogP contribution in [0, 0.1) is 0 Å². The molecule has 2 aromatic carbocycles. The van der Waals surface area contributed by atoms with Crippen LogP contribution in [0.1, 0.15) is 58.9 Å². The zero-order valence-corrected chi connectivity index (χ0v) is 15.1. The number of ketones is 1. The Hall–Kier alpha value is -2.62. The summed E-state index contributed by atoms with van der Waals surface area (Å²) < 4.78 is 0. The summed E-state index contributed by atoms with van der Waals surface area (Å²) in [6, 6.07) is 14.5. The van der Waals surface area contributed by atoms with Crippen molar-refractivity contribution in [3.05, 3.63) is 65.2 Å². The topological polar surface area (TPSA) is 57.6 Å². The number of benzene rings is 2. The Morgan fingerprint density at radius 2 is 1.81 bits per heavy atom. The third-order valence-corrected chi connectivity index (χ3v) is 5.10. The SMILES string of the molecule is CC(=O)c1ccc(C(=O)N2CCCCC2CCc2cccc(O)c2)cc1. The van der Waals surface area contributed by atoms with Gasteiger partial charge in [0.2, 0.25) is 0 Å². The van der Waals surface area contributed by atoms with Crippen LogP contribution in [0.2, 0.25) is 0 Å². The third-order valence-electron chi connectivity index (χ3n) is 5.10. The van der Waals surface area contributed by atoms with Gasteiger partial charge in [-0.2, -0.15) is 0 Å². The second-order valence-corrected chi connectivity index (χ2v) is 6.99. The number of aromatic hydroxyl groups is 1. The number of aryl methyl sites for hydroxylation is 1. The van der Waals surface area contributed by atoms with E-state index in [-0.39, 0.29) is 23.5 Å². The lowest BCUT2D eigenvalue weighted by Crippen LogP contribution is -2.44. The molecular weight excluding hydrogens is 326 g/mol. The maximum Gasteiger partial charge on any atom is 0.254 e. The Bertz CT molecular complexity index is 782. The fourth-order valence-electron chi connectivity index (χ4n) is 3.63. The first-order valence-electron chi connectivity index (χ1n) is 9.24. The van der Waals surface area contributed by atoms with Gasteiger partial charge in [0.15, 0.2) is 5.78 Å². The van der Waals surface area contributed by atoms with E-state index in [0.717, 1.165) is 44.2 Å². The van der Waals surface area contributed by atoms with Crippen LogP contribution in [0.5, 0.6) is 5.75 Å². The number of Topliss-reactive ketones (excluding diaryl/α,β-unsaturated/α-hetero) is 1. The van der Waals surface area contributed by atoms with E-state index in [1.807, 2.05) is 17.0 Å². The van der Waals surface area contributed by atoms with E-state index in [0.29, 0.717) is 11.1 Å². The number of likely N-dealkylation sites (tertiary alicyclic amines) is 1. The molecule has 0 radical (unpaired) electrons. The van der Waals surface area contributed by atoms with Crippen LogP contribution in [0.25, 0.3) is 0 Å². The molecule has 0 aromatic heterocycles. The molecule has 2 aromatic rings. The molecule has 1 saturated heterocycles. The summed E-state index contributed by atoms with van der Waals surface area (Å²) in [7, 11) is 0. The van der Waals surface area contributed by atoms with Crippen molar-refractivity contribution in [2.75, 3.05) is 6.54 Å². The highest BCUT2D eigenvalue weighted by Crippen LogP contribution is 2.24. The lowest BCUT2D eigenvalue weighted by Gasteiger charge is -2.36. The molecule has 1 aliphatic rings. The molecule has 0 aliphatic carbocycles. The first-order chi connectivity index (χ1) is 12.5. The van der Waals surface area contributed by atoms with Gasteiger partial charge >= 0.3 is 0 Å². The molecule has 136 valence electrons. The van der Waals surface area contributed by atoms with Crippen LogP contribution in [0.3, 0.4) is 0 Å². The van der Waals surface area contributed by atoms with Gasteiger partial charge in [-0.25, -0.2) is 0 Å². The van der Waals surface area contributed by atoms with Gasteiger partial charge in [0.05, 0.1) is 0 Å². The smallest absolute Gasteiger partial charge is 0.254 e. The first kappa shape index (κ1) is 18.2. The molecule has 0 bridgehead atoms. The van der Waals surface area contributed by atoms with E-state index in [9.17, 15) is 14.7 Å². The molecule has 3 rings (SSSR count). The van der Waals surface area contributed by atoms with Gasteiger partial charge in [-0.3, -0.25) is 9.59 Å². The number of rotatable bonds is 5. The van der Waals surface area contributed by atoms with Gasteiger partial charge in [-0.05, 0) is 68.9 Å². The van der Waals surface area contributed by atoms with E-state index >= 15 is 0 Å². The molecule has 0 spiro atoms. The van der Waals surface area contributed by atoms with Crippen LogP contribution in [-0.2, 0) is 6.42 Å². The minimum Gasteiger partial charge on any atom is -0.508 e. The van der Waals surface area contributed by atoms with Crippen LogP contribution >= 0.6 is 0 Å². The van der Waals surface area contributed by atoms with Crippen LogP contribution < -0.4 is 0 Å². The highest BCUT2D eigenvalue weighted by atomic mass is 16.3. The zero-order valence-electron chi connectivity index (χ0n) is 15.1. The summed E-state index contributed by atoms with van der Waals surface area (Å²) in [5, 5.41) is 9.61. The molecule has 4 nitrogen and oxygen atoms in total. The predicted molar refractivity (Wildman–Crippen MR) is 102 cm³/mol. The summed E-state index contributed by atoms with van der Waals surface area (Å²) in [6.07, 6.45) is 4.90. The molecule has 1 atom stereocenters. The zero-order chi connectivity index (χ0) is 18.5. The number of piperidine rings is 1.